The van der Waals surface area contributed by atoms with E-state index in [1.54, 1.807) is 0 Å². The normalized spacial score (nSPS) is 19.4. The summed E-state index contributed by atoms with van der Waals surface area (Å²) in [6.07, 6.45) is 2.43. The van der Waals surface area contributed by atoms with Crippen molar-refractivity contribution in [2.24, 2.45) is 5.92 Å². The van der Waals surface area contributed by atoms with E-state index in [0.29, 0.717) is 25.4 Å². The summed E-state index contributed by atoms with van der Waals surface area (Å²) in [5.74, 6) is 0.388. The fourth-order valence-corrected chi connectivity index (χ4v) is 2.50. The minimum absolute atomic E-state index is 0.112. The van der Waals surface area contributed by atoms with Gasteiger partial charge in [-0.1, -0.05) is 50.6 Å². The van der Waals surface area contributed by atoms with Gasteiger partial charge in [0.2, 0.25) is 5.91 Å². The molecule has 114 valence electrons. The highest BCUT2D eigenvalue weighted by molar-refractivity contribution is 5.93. The predicted octanol–water partition coefficient (Wildman–Crippen LogP) is 3.40. The molecule has 1 aromatic carbocycles. The Hall–Kier alpha value is -1.84. The summed E-state index contributed by atoms with van der Waals surface area (Å²) in [6.45, 7) is 4.53. The topological polar surface area (TPSA) is 46.6 Å². The molecule has 1 aromatic rings. The Balaban J connectivity index is 1.98. The number of hydrogen-bond acceptors (Lipinski definition) is 3. The second kappa shape index (κ2) is 7.25. The van der Waals surface area contributed by atoms with Gasteiger partial charge in [-0.2, -0.15) is 0 Å². The van der Waals surface area contributed by atoms with Crippen LogP contribution in [-0.2, 0) is 16.0 Å². The lowest BCUT2D eigenvalue weighted by Gasteiger charge is -2.20. The Kier molecular flexibility index (Phi) is 5.37. The molecular formula is C17H23NO3. The molecule has 21 heavy (non-hydrogen) atoms. The van der Waals surface area contributed by atoms with Gasteiger partial charge in [0.15, 0.2) is 0 Å². The van der Waals surface area contributed by atoms with E-state index in [2.05, 4.69) is 13.8 Å². The van der Waals surface area contributed by atoms with Crippen molar-refractivity contribution in [2.75, 3.05) is 6.61 Å². The zero-order chi connectivity index (χ0) is 15.2. The number of rotatable bonds is 6. The van der Waals surface area contributed by atoms with Crippen molar-refractivity contribution in [3.63, 3.8) is 0 Å². The molecule has 0 N–H and O–H groups in total. The zero-order valence-electron chi connectivity index (χ0n) is 12.7. The molecule has 0 unspecified atom stereocenters. The maximum Gasteiger partial charge on any atom is 0.416 e. The average Bonchev–Trinajstić information content (AvgIpc) is 2.86. The van der Waals surface area contributed by atoms with Gasteiger partial charge in [0.05, 0.1) is 6.04 Å². The van der Waals surface area contributed by atoms with Crippen LogP contribution >= 0.6 is 0 Å². The summed E-state index contributed by atoms with van der Waals surface area (Å²) in [4.78, 5) is 25.4. The van der Waals surface area contributed by atoms with Gasteiger partial charge >= 0.3 is 6.09 Å². The van der Waals surface area contributed by atoms with Crippen molar-refractivity contribution in [1.29, 1.82) is 0 Å². The monoisotopic (exact) mass is 289 g/mol. The second-order valence-corrected chi connectivity index (χ2v) is 5.74. The van der Waals surface area contributed by atoms with Gasteiger partial charge in [0, 0.05) is 6.42 Å². The Bertz CT molecular complexity index is 486. The number of ether oxygens (including phenoxy) is 1. The number of nitrogens with zero attached hydrogens (tertiary/aromatic N) is 1. The molecule has 2 atom stereocenters. The van der Waals surface area contributed by atoms with Crippen LogP contribution in [0.15, 0.2) is 30.3 Å². The minimum Gasteiger partial charge on any atom is -0.447 e. The first-order valence-corrected chi connectivity index (χ1v) is 7.64. The predicted molar refractivity (Wildman–Crippen MR) is 80.8 cm³/mol. The second-order valence-electron chi connectivity index (χ2n) is 5.74. The number of imide groups is 1. The average molecular weight is 289 g/mol. The molecule has 4 heteroatoms. The summed E-state index contributed by atoms with van der Waals surface area (Å²) >= 11 is 0. The first kappa shape index (κ1) is 15.5. The molecule has 0 aliphatic carbocycles. The number of benzene rings is 1. The highest BCUT2D eigenvalue weighted by Crippen LogP contribution is 2.20. The van der Waals surface area contributed by atoms with Crippen molar-refractivity contribution >= 4 is 12.0 Å². The molecule has 0 radical (unpaired) electrons. The van der Waals surface area contributed by atoms with Crippen LogP contribution in [0.5, 0.6) is 0 Å². The standard InChI is InChI=1S/C17H23NO3/c1-3-13(2)9-10-16(19)18-15(12-21-17(18)20)11-14-7-5-4-6-8-14/h4-8,13,15H,3,9-12H2,1-2H3/t13-,15+/m0/s1. The van der Waals surface area contributed by atoms with Crippen molar-refractivity contribution in [3.05, 3.63) is 35.9 Å². The van der Waals surface area contributed by atoms with Gasteiger partial charge in [-0.15, -0.1) is 0 Å². The quantitative estimate of drug-likeness (QED) is 0.806. The fraction of sp³-hybridized carbons (Fsp3) is 0.529. The maximum absolute atomic E-state index is 12.3. The van der Waals surface area contributed by atoms with Gasteiger partial charge in [-0.25, -0.2) is 9.69 Å². The van der Waals surface area contributed by atoms with E-state index in [1.165, 1.54) is 4.90 Å². The first-order chi connectivity index (χ1) is 10.1. The van der Waals surface area contributed by atoms with Crippen molar-refractivity contribution < 1.29 is 14.3 Å². The van der Waals surface area contributed by atoms with E-state index >= 15 is 0 Å². The van der Waals surface area contributed by atoms with Crippen LogP contribution in [-0.4, -0.2) is 29.5 Å². The van der Waals surface area contributed by atoms with E-state index < -0.39 is 6.09 Å². The molecule has 0 saturated carbocycles. The highest BCUT2D eigenvalue weighted by atomic mass is 16.6. The van der Waals surface area contributed by atoms with E-state index in [0.717, 1.165) is 18.4 Å². The van der Waals surface area contributed by atoms with E-state index in [9.17, 15) is 9.59 Å². The highest BCUT2D eigenvalue weighted by Gasteiger charge is 2.37. The number of hydrogen-bond donors (Lipinski definition) is 0. The van der Waals surface area contributed by atoms with Crippen LogP contribution in [0.25, 0.3) is 0 Å². The molecule has 0 spiro atoms. The summed E-state index contributed by atoms with van der Waals surface area (Å²) in [7, 11) is 0. The van der Waals surface area contributed by atoms with Crippen molar-refractivity contribution in [1.82, 2.24) is 4.90 Å². The third-order valence-corrected chi connectivity index (χ3v) is 4.09. The third-order valence-electron chi connectivity index (χ3n) is 4.09. The van der Waals surface area contributed by atoms with Crippen molar-refractivity contribution in [2.45, 2.75) is 45.6 Å². The Morgan fingerprint density at radius 2 is 2.10 bits per heavy atom. The number of cyclic esters (lactones) is 1. The van der Waals surface area contributed by atoms with Crippen LogP contribution in [0.3, 0.4) is 0 Å². The van der Waals surface area contributed by atoms with Gasteiger partial charge < -0.3 is 4.74 Å². The van der Waals surface area contributed by atoms with Gasteiger partial charge in [0.25, 0.3) is 0 Å². The maximum atomic E-state index is 12.3. The molecule has 1 fully saturated rings. The van der Waals surface area contributed by atoms with E-state index in [1.807, 2.05) is 30.3 Å². The van der Waals surface area contributed by atoms with Crippen molar-refractivity contribution in [3.8, 4) is 0 Å². The number of amides is 2. The SMILES string of the molecule is CC[C@H](C)CCC(=O)N1C(=O)OC[C@H]1Cc1ccccc1. The number of carbonyl (C=O) groups excluding carboxylic acids is 2. The molecule has 2 rings (SSSR count). The summed E-state index contributed by atoms with van der Waals surface area (Å²) in [6, 6.07) is 9.71. The van der Waals surface area contributed by atoms with E-state index in [4.69, 9.17) is 4.74 Å². The molecule has 1 heterocycles. The molecular weight excluding hydrogens is 266 g/mol. The summed E-state index contributed by atoms with van der Waals surface area (Å²) in [5, 5.41) is 0. The lowest BCUT2D eigenvalue weighted by Crippen LogP contribution is -2.40. The molecule has 1 aliphatic rings. The minimum atomic E-state index is -0.495. The molecule has 4 nitrogen and oxygen atoms in total. The van der Waals surface area contributed by atoms with Gasteiger partial charge in [0.1, 0.15) is 6.61 Å². The van der Waals surface area contributed by atoms with Gasteiger partial charge in [-0.3, -0.25) is 4.79 Å². The van der Waals surface area contributed by atoms with Gasteiger partial charge in [-0.05, 0) is 24.3 Å². The first-order valence-electron chi connectivity index (χ1n) is 7.64. The van der Waals surface area contributed by atoms with E-state index in [-0.39, 0.29) is 11.9 Å². The lowest BCUT2D eigenvalue weighted by molar-refractivity contribution is -0.129. The third kappa shape index (κ3) is 4.06. The van der Waals surface area contributed by atoms with Crippen LogP contribution in [0.2, 0.25) is 0 Å². The smallest absolute Gasteiger partial charge is 0.416 e. The molecule has 0 aromatic heterocycles. The Labute approximate surface area is 126 Å². The summed E-state index contributed by atoms with van der Waals surface area (Å²) < 4.78 is 5.07. The summed E-state index contributed by atoms with van der Waals surface area (Å²) in [5.41, 5.74) is 1.11. The van der Waals surface area contributed by atoms with Crippen LogP contribution < -0.4 is 0 Å². The number of carbonyl (C=O) groups is 2. The van der Waals surface area contributed by atoms with Crippen LogP contribution in [0, 0.1) is 5.92 Å². The lowest BCUT2D eigenvalue weighted by atomic mass is 10.0. The molecule has 1 saturated heterocycles. The fourth-order valence-electron chi connectivity index (χ4n) is 2.50. The molecule has 2 amide bonds. The Morgan fingerprint density at radius 1 is 1.38 bits per heavy atom. The Morgan fingerprint density at radius 3 is 2.76 bits per heavy atom. The van der Waals surface area contributed by atoms with Crippen LogP contribution in [0.4, 0.5) is 4.79 Å². The largest absolute Gasteiger partial charge is 0.447 e. The molecule has 1 aliphatic heterocycles. The zero-order valence-corrected chi connectivity index (χ0v) is 12.7. The molecule has 0 bridgehead atoms. The van der Waals surface area contributed by atoms with Crippen LogP contribution in [0.1, 0.15) is 38.7 Å².